The van der Waals surface area contributed by atoms with Gasteiger partial charge in [-0.3, -0.25) is 9.59 Å². The first-order valence-corrected chi connectivity index (χ1v) is 9.66. The number of carbonyl (C=O) groups excluding carboxylic acids is 1. The Kier molecular flexibility index (Phi) is 8.48. The van der Waals surface area contributed by atoms with Crippen LogP contribution in [0.3, 0.4) is 0 Å². The molecule has 27 heavy (non-hydrogen) atoms. The van der Waals surface area contributed by atoms with Crippen LogP contribution in [0.25, 0.3) is 11.3 Å². The summed E-state index contributed by atoms with van der Waals surface area (Å²) in [5, 5.41) is 7.78. The first kappa shape index (κ1) is 21.1. The summed E-state index contributed by atoms with van der Waals surface area (Å²) in [5.41, 5.74) is 1.16. The minimum Gasteiger partial charge on any atom is -0.354 e. The molecule has 0 bridgehead atoms. The molecule has 0 radical (unpaired) electrons. The first-order chi connectivity index (χ1) is 13.0. The number of unbranched alkanes of at least 4 members (excludes halogenated alkanes) is 1. The van der Waals surface area contributed by atoms with Crippen molar-refractivity contribution in [3.05, 3.63) is 51.8 Å². The molecule has 0 spiro atoms. The SMILES string of the molecule is CCCCN(C)CCCNC(=O)Cn1nc(-c2ccc(Cl)cc2)ccc1=O. The normalized spacial score (nSPS) is 11.0. The molecule has 2 aromatic rings. The number of rotatable bonds is 10. The van der Waals surface area contributed by atoms with Gasteiger partial charge in [-0.05, 0) is 51.2 Å². The van der Waals surface area contributed by atoms with Gasteiger partial charge < -0.3 is 10.2 Å². The van der Waals surface area contributed by atoms with Crippen molar-refractivity contribution in [1.82, 2.24) is 20.0 Å². The lowest BCUT2D eigenvalue weighted by Gasteiger charge is -2.16. The third-order valence-corrected chi connectivity index (χ3v) is 4.48. The molecule has 0 saturated heterocycles. The minimum atomic E-state index is -0.304. The predicted octanol–water partition coefficient (Wildman–Crippen LogP) is 2.80. The largest absolute Gasteiger partial charge is 0.354 e. The van der Waals surface area contributed by atoms with Crippen LogP contribution in [0, 0.1) is 0 Å². The summed E-state index contributed by atoms with van der Waals surface area (Å²) in [5.74, 6) is -0.214. The van der Waals surface area contributed by atoms with E-state index in [4.69, 9.17) is 11.6 Å². The van der Waals surface area contributed by atoms with Gasteiger partial charge in [0.05, 0.1) is 5.69 Å². The monoisotopic (exact) mass is 390 g/mol. The molecule has 0 atom stereocenters. The smallest absolute Gasteiger partial charge is 0.267 e. The maximum Gasteiger partial charge on any atom is 0.267 e. The molecule has 0 saturated carbocycles. The molecule has 1 aromatic heterocycles. The van der Waals surface area contributed by atoms with Gasteiger partial charge >= 0.3 is 0 Å². The number of benzene rings is 1. The third-order valence-electron chi connectivity index (χ3n) is 4.23. The van der Waals surface area contributed by atoms with Crippen LogP contribution in [0.1, 0.15) is 26.2 Å². The highest BCUT2D eigenvalue weighted by atomic mass is 35.5. The van der Waals surface area contributed by atoms with E-state index in [1.54, 1.807) is 18.2 Å². The van der Waals surface area contributed by atoms with E-state index in [0.29, 0.717) is 17.3 Å². The lowest BCUT2D eigenvalue weighted by atomic mass is 10.1. The molecule has 1 amide bonds. The van der Waals surface area contributed by atoms with Gasteiger partial charge in [-0.15, -0.1) is 0 Å². The van der Waals surface area contributed by atoms with E-state index < -0.39 is 0 Å². The second-order valence-corrected chi connectivity index (χ2v) is 7.02. The van der Waals surface area contributed by atoms with Crippen LogP contribution in [0.15, 0.2) is 41.2 Å². The summed E-state index contributed by atoms with van der Waals surface area (Å²) in [6.07, 6.45) is 3.23. The zero-order valence-corrected chi connectivity index (χ0v) is 16.7. The van der Waals surface area contributed by atoms with Crippen molar-refractivity contribution in [1.29, 1.82) is 0 Å². The Balaban J connectivity index is 1.87. The quantitative estimate of drug-likeness (QED) is 0.633. The molecule has 0 aliphatic heterocycles. The van der Waals surface area contributed by atoms with E-state index in [9.17, 15) is 9.59 Å². The molecule has 0 unspecified atom stereocenters. The Bertz CT molecular complexity index is 789. The topological polar surface area (TPSA) is 67.2 Å². The highest BCUT2D eigenvalue weighted by Crippen LogP contribution is 2.18. The molecule has 146 valence electrons. The summed E-state index contributed by atoms with van der Waals surface area (Å²) < 4.78 is 1.19. The molecule has 7 heteroatoms. The lowest BCUT2D eigenvalue weighted by molar-refractivity contribution is -0.121. The van der Waals surface area contributed by atoms with E-state index in [0.717, 1.165) is 25.1 Å². The van der Waals surface area contributed by atoms with Crippen molar-refractivity contribution in [3.63, 3.8) is 0 Å². The van der Waals surface area contributed by atoms with Gasteiger partial charge in [0.1, 0.15) is 6.54 Å². The zero-order valence-electron chi connectivity index (χ0n) is 15.9. The molecule has 6 nitrogen and oxygen atoms in total. The minimum absolute atomic E-state index is 0.0913. The van der Waals surface area contributed by atoms with Gasteiger partial charge in [0.25, 0.3) is 5.56 Å². The first-order valence-electron chi connectivity index (χ1n) is 9.29. The second-order valence-electron chi connectivity index (χ2n) is 6.58. The van der Waals surface area contributed by atoms with Crippen molar-refractivity contribution in [2.45, 2.75) is 32.7 Å². The Morgan fingerprint density at radius 2 is 1.85 bits per heavy atom. The average Bonchev–Trinajstić information content (AvgIpc) is 2.66. The Hall–Kier alpha value is -2.18. The van der Waals surface area contributed by atoms with Crippen LogP contribution in [0.5, 0.6) is 0 Å². The summed E-state index contributed by atoms with van der Waals surface area (Å²) in [4.78, 5) is 26.4. The molecule has 1 N–H and O–H groups in total. The van der Waals surface area contributed by atoms with Crippen LogP contribution < -0.4 is 10.9 Å². The standard InChI is InChI=1S/C20H27ClN4O2/c1-3-4-13-24(2)14-5-12-22-19(26)15-25-20(27)11-10-18(23-25)16-6-8-17(21)9-7-16/h6-11H,3-5,12-15H2,1-2H3,(H,22,26). The number of halogens is 1. The van der Waals surface area contributed by atoms with Gasteiger partial charge in [-0.25, -0.2) is 4.68 Å². The molecule has 0 fully saturated rings. The number of amides is 1. The number of hydrogen-bond donors (Lipinski definition) is 1. The molecule has 1 aromatic carbocycles. The maximum absolute atomic E-state index is 12.1. The lowest BCUT2D eigenvalue weighted by Crippen LogP contribution is -2.35. The van der Waals surface area contributed by atoms with E-state index in [1.807, 2.05) is 12.1 Å². The maximum atomic E-state index is 12.1. The number of hydrogen-bond acceptors (Lipinski definition) is 4. The van der Waals surface area contributed by atoms with Crippen molar-refractivity contribution in [3.8, 4) is 11.3 Å². The van der Waals surface area contributed by atoms with Crippen LogP contribution >= 0.6 is 11.6 Å². The van der Waals surface area contributed by atoms with Crippen molar-refractivity contribution in [2.24, 2.45) is 0 Å². The number of aromatic nitrogens is 2. The number of carbonyl (C=O) groups is 1. The molecule has 2 rings (SSSR count). The highest BCUT2D eigenvalue weighted by molar-refractivity contribution is 6.30. The van der Waals surface area contributed by atoms with E-state index in [2.05, 4.69) is 29.3 Å². The summed E-state index contributed by atoms with van der Waals surface area (Å²) in [7, 11) is 2.09. The fraction of sp³-hybridized carbons (Fsp3) is 0.450. The fourth-order valence-corrected chi connectivity index (χ4v) is 2.77. The summed E-state index contributed by atoms with van der Waals surface area (Å²) in [6, 6.07) is 10.2. The zero-order chi connectivity index (χ0) is 19.6. The van der Waals surface area contributed by atoms with Crippen LogP contribution in [-0.4, -0.2) is 47.3 Å². The molecule has 1 heterocycles. The van der Waals surface area contributed by atoms with Gasteiger partial charge in [0, 0.05) is 23.2 Å². The molecular weight excluding hydrogens is 364 g/mol. The van der Waals surface area contributed by atoms with Crippen LogP contribution in [0.4, 0.5) is 0 Å². The second kappa shape index (κ2) is 10.8. The van der Waals surface area contributed by atoms with Gasteiger partial charge in [0.15, 0.2) is 0 Å². The van der Waals surface area contributed by atoms with Gasteiger partial charge in [0.2, 0.25) is 5.91 Å². The Morgan fingerprint density at radius 1 is 1.15 bits per heavy atom. The van der Waals surface area contributed by atoms with Crippen molar-refractivity contribution in [2.75, 3.05) is 26.7 Å². The fourth-order valence-electron chi connectivity index (χ4n) is 2.65. The van der Waals surface area contributed by atoms with Crippen LogP contribution in [0.2, 0.25) is 5.02 Å². The van der Waals surface area contributed by atoms with Crippen molar-refractivity contribution < 1.29 is 4.79 Å². The van der Waals surface area contributed by atoms with Crippen molar-refractivity contribution >= 4 is 17.5 Å². The molecule has 0 aliphatic carbocycles. The van der Waals surface area contributed by atoms with Gasteiger partial charge in [-0.1, -0.05) is 37.1 Å². The number of nitrogens with zero attached hydrogens (tertiary/aromatic N) is 3. The van der Waals surface area contributed by atoms with E-state index >= 15 is 0 Å². The highest BCUT2D eigenvalue weighted by Gasteiger charge is 2.08. The van der Waals surface area contributed by atoms with Gasteiger partial charge in [-0.2, -0.15) is 5.10 Å². The summed E-state index contributed by atoms with van der Waals surface area (Å²) in [6.45, 7) is 4.67. The predicted molar refractivity (Wildman–Crippen MR) is 109 cm³/mol. The Morgan fingerprint density at radius 3 is 2.56 bits per heavy atom. The van der Waals surface area contributed by atoms with Crippen LogP contribution in [-0.2, 0) is 11.3 Å². The average molecular weight is 391 g/mol. The molecular formula is C20H27ClN4O2. The molecule has 0 aliphatic rings. The summed E-state index contributed by atoms with van der Waals surface area (Å²) >= 11 is 5.90. The van der Waals surface area contributed by atoms with E-state index in [1.165, 1.54) is 23.6 Å². The van der Waals surface area contributed by atoms with E-state index in [-0.39, 0.29) is 18.0 Å². The number of nitrogens with one attached hydrogen (secondary N) is 1. The third kappa shape index (κ3) is 7.15. The Labute approximate surface area is 165 Å².